The Morgan fingerprint density at radius 2 is 0.802 bits per heavy atom. The summed E-state index contributed by atoms with van der Waals surface area (Å²) < 4.78 is 28.5. The van der Waals surface area contributed by atoms with Crippen molar-refractivity contribution in [3.05, 3.63) is 60.8 Å². The van der Waals surface area contributed by atoms with Crippen molar-refractivity contribution in [2.45, 2.75) is 340 Å². The molecule has 1 fully saturated rings. The van der Waals surface area contributed by atoms with Crippen LogP contribution in [0.15, 0.2) is 60.8 Å². The van der Waals surface area contributed by atoms with E-state index in [4.69, 9.17) is 23.7 Å². The van der Waals surface area contributed by atoms with Crippen LogP contribution >= 0.6 is 0 Å². The number of allylic oxidation sites excluding steroid dienone is 10. The molecule has 81 heavy (non-hydrogen) atoms. The van der Waals surface area contributed by atoms with Gasteiger partial charge in [0.1, 0.15) is 18.8 Å². The standard InChI is InChI=1S/C69H120O12/c1-4-7-10-13-16-19-22-25-27-29-31-33-35-38-40-43-46-49-52-55-61(70)77-58-60(79-62(71)56-53-50-47-44-41-37-24-21-18-15-12-9-6-3)59-78-69-67(65(74)64(73)66(81-69)68(75)76)80-63(72)57-54-51-48-45-42-39-36-34-32-30-28-26-23-20-17-14-11-8-5-2/h9,12,18,21,26,28,37,41,47,50,60,64-67,69,73-74H,4-8,10-11,13-17,19-20,22-25,27,29-36,38-40,42-46,48-49,51-59H2,1-3H3,(H,75,76)/b12-9-,21-18-,28-26-,41-37-,50-47-. The molecule has 3 N–H and O–H groups in total. The number of ether oxygens (including phenoxy) is 5. The van der Waals surface area contributed by atoms with Crippen LogP contribution in [-0.4, -0.2) is 89.2 Å². The molecule has 0 bridgehead atoms. The van der Waals surface area contributed by atoms with E-state index in [1.165, 1.54) is 167 Å². The van der Waals surface area contributed by atoms with Gasteiger partial charge in [-0.2, -0.15) is 0 Å². The Bertz CT molecular complexity index is 1640. The van der Waals surface area contributed by atoms with Crippen molar-refractivity contribution in [1.29, 1.82) is 0 Å². The Kier molecular flexibility index (Phi) is 53.0. The van der Waals surface area contributed by atoms with Gasteiger partial charge in [0.15, 0.2) is 24.6 Å². The number of carbonyl (C=O) groups is 4. The van der Waals surface area contributed by atoms with Crippen molar-refractivity contribution in [1.82, 2.24) is 0 Å². The minimum absolute atomic E-state index is 0.0433. The predicted molar refractivity (Wildman–Crippen MR) is 331 cm³/mol. The molecule has 12 nitrogen and oxygen atoms in total. The highest BCUT2D eigenvalue weighted by Crippen LogP contribution is 2.27. The number of unbranched alkanes of at least 4 members (excludes halogenated alkanes) is 33. The summed E-state index contributed by atoms with van der Waals surface area (Å²) >= 11 is 0. The zero-order chi connectivity index (χ0) is 58.9. The fraction of sp³-hybridized carbons (Fsp3) is 0.797. The highest BCUT2D eigenvalue weighted by atomic mass is 16.7. The number of carboxylic acids is 1. The van der Waals surface area contributed by atoms with Gasteiger partial charge in [-0.1, -0.05) is 274 Å². The molecule has 0 aliphatic carbocycles. The number of rotatable bonds is 57. The Labute approximate surface area is 494 Å². The normalized spacial score (nSPS) is 18.1. The summed E-state index contributed by atoms with van der Waals surface area (Å²) in [5.41, 5.74) is 0. The number of hydrogen-bond acceptors (Lipinski definition) is 11. The first-order chi connectivity index (χ1) is 39.6. The molecule has 0 saturated carbocycles. The smallest absolute Gasteiger partial charge is 0.335 e. The van der Waals surface area contributed by atoms with Crippen molar-refractivity contribution >= 4 is 23.9 Å². The minimum Gasteiger partial charge on any atom is -0.479 e. The van der Waals surface area contributed by atoms with Gasteiger partial charge in [-0.05, 0) is 70.6 Å². The topological polar surface area (TPSA) is 175 Å². The summed E-state index contributed by atoms with van der Waals surface area (Å²) in [6, 6.07) is 0. The molecule has 1 aliphatic heterocycles. The van der Waals surface area contributed by atoms with Crippen LogP contribution in [0.25, 0.3) is 0 Å². The molecule has 6 atom stereocenters. The first-order valence-electron chi connectivity index (χ1n) is 33.3. The quantitative estimate of drug-likeness (QED) is 0.0228. The zero-order valence-electron chi connectivity index (χ0n) is 51.8. The van der Waals surface area contributed by atoms with E-state index < -0.39 is 67.3 Å². The molecule has 1 aliphatic rings. The van der Waals surface area contributed by atoms with Gasteiger partial charge in [0.2, 0.25) is 0 Å². The number of aliphatic hydroxyl groups excluding tert-OH is 2. The van der Waals surface area contributed by atoms with Crippen molar-refractivity contribution in [3.63, 3.8) is 0 Å². The Morgan fingerprint density at radius 3 is 1.23 bits per heavy atom. The minimum atomic E-state index is -1.91. The van der Waals surface area contributed by atoms with E-state index in [2.05, 4.69) is 69.4 Å². The summed E-state index contributed by atoms with van der Waals surface area (Å²) in [7, 11) is 0. The zero-order valence-corrected chi connectivity index (χ0v) is 51.8. The SMILES string of the molecule is CC/C=C\C/C=C\C/C=C\C/C=C\CCC(=O)OC(COC(=O)CCCCCCCCCCCCCCCCCCCCC)COC1OC(C(=O)O)C(O)C(O)C1OC(=O)CCCCCCCCCCC/C=C\CCCCCCCC. The van der Waals surface area contributed by atoms with E-state index >= 15 is 0 Å². The van der Waals surface area contributed by atoms with Crippen molar-refractivity contribution in [2.75, 3.05) is 13.2 Å². The molecule has 0 aromatic carbocycles. The monoisotopic (exact) mass is 1140 g/mol. The maximum Gasteiger partial charge on any atom is 0.335 e. The molecule has 0 amide bonds. The Balaban J connectivity index is 2.63. The van der Waals surface area contributed by atoms with Crippen LogP contribution in [0.4, 0.5) is 0 Å². The van der Waals surface area contributed by atoms with Crippen LogP contribution in [0.3, 0.4) is 0 Å². The third-order valence-corrected chi connectivity index (χ3v) is 15.1. The van der Waals surface area contributed by atoms with Gasteiger partial charge < -0.3 is 39.0 Å². The van der Waals surface area contributed by atoms with Gasteiger partial charge in [-0.15, -0.1) is 0 Å². The van der Waals surface area contributed by atoms with Gasteiger partial charge in [-0.25, -0.2) is 4.79 Å². The highest BCUT2D eigenvalue weighted by Gasteiger charge is 2.50. The number of esters is 3. The number of carboxylic acid groups (broad SMARTS) is 1. The fourth-order valence-corrected chi connectivity index (χ4v) is 10.0. The average molecular weight is 1140 g/mol. The maximum absolute atomic E-state index is 13.1. The largest absolute Gasteiger partial charge is 0.479 e. The van der Waals surface area contributed by atoms with Crippen LogP contribution in [0.2, 0.25) is 0 Å². The number of aliphatic carboxylic acids is 1. The average Bonchev–Trinajstić information content (AvgIpc) is 3.54. The first-order valence-corrected chi connectivity index (χ1v) is 33.3. The van der Waals surface area contributed by atoms with Crippen LogP contribution in [0.1, 0.15) is 303 Å². The lowest BCUT2D eigenvalue weighted by atomic mass is 9.98. The van der Waals surface area contributed by atoms with E-state index in [0.29, 0.717) is 25.7 Å². The van der Waals surface area contributed by atoms with Gasteiger partial charge in [0.05, 0.1) is 6.61 Å². The first kappa shape index (κ1) is 75.4. The Morgan fingerprint density at radius 1 is 0.420 bits per heavy atom. The lowest BCUT2D eigenvalue weighted by Gasteiger charge is -2.40. The molecule has 0 spiro atoms. The van der Waals surface area contributed by atoms with E-state index in [9.17, 15) is 34.5 Å². The van der Waals surface area contributed by atoms with Gasteiger partial charge in [0, 0.05) is 19.3 Å². The fourth-order valence-electron chi connectivity index (χ4n) is 10.0. The molecule has 1 rings (SSSR count). The van der Waals surface area contributed by atoms with Crippen LogP contribution < -0.4 is 0 Å². The lowest BCUT2D eigenvalue weighted by molar-refractivity contribution is -0.301. The second-order valence-electron chi connectivity index (χ2n) is 22.7. The van der Waals surface area contributed by atoms with Crippen LogP contribution in [-0.2, 0) is 42.9 Å². The second kappa shape index (κ2) is 56.9. The molecular formula is C69H120O12. The summed E-state index contributed by atoms with van der Waals surface area (Å²) in [5, 5.41) is 31.6. The van der Waals surface area contributed by atoms with Gasteiger partial charge in [0.25, 0.3) is 0 Å². The predicted octanol–water partition coefficient (Wildman–Crippen LogP) is 17.9. The van der Waals surface area contributed by atoms with E-state index in [1.54, 1.807) is 0 Å². The molecule has 468 valence electrons. The number of aliphatic hydroxyl groups is 2. The van der Waals surface area contributed by atoms with Gasteiger partial charge >= 0.3 is 23.9 Å². The molecule has 1 heterocycles. The van der Waals surface area contributed by atoms with Gasteiger partial charge in [-0.3, -0.25) is 14.4 Å². The molecule has 12 heteroatoms. The summed E-state index contributed by atoms with van der Waals surface area (Å²) in [6.07, 6.45) is 59.2. The lowest BCUT2D eigenvalue weighted by Crippen LogP contribution is -2.61. The van der Waals surface area contributed by atoms with Crippen molar-refractivity contribution in [2.24, 2.45) is 0 Å². The summed E-state index contributed by atoms with van der Waals surface area (Å²) in [5.74, 6) is -3.21. The molecular weight excluding hydrogens is 1020 g/mol. The molecule has 0 aromatic rings. The second-order valence-corrected chi connectivity index (χ2v) is 22.7. The molecule has 1 saturated heterocycles. The van der Waals surface area contributed by atoms with Crippen molar-refractivity contribution < 1.29 is 58.2 Å². The van der Waals surface area contributed by atoms with Crippen LogP contribution in [0.5, 0.6) is 0 Å². The third-order valence-electron chi connectivity index (χ3n) is 15.1. The molecule has 0 aromatic heterocycles. The third kappa shape index (κ3) is 46.5. The van der Waals surface area contributed by atoms with E-state index in [0.717, 1.165) is 70.6 Å². The summed E-state index contributed by atoms with van der Waals surface area (Å²) in [6.45, 7) is 5.86. The highest BCUT2D eigenvalue weighted by molar-refractivity contribution is 5.74. The molecule has 6 unspecified atom stereocenters. The van der Waals surface area contributed by atoms with E-state index in [-0.39, 0.29) is 25.9 Å². The van der Waals surface area contributed by atoms with E-state index in [1.807, 2.05) is 12.2 Å². The van der Waals surface area contributed by atoms with Crippen LogP contribution in [0, 0.1) is 0 Å². The Hall–Kier alpha value is -3.58. The number of carbonyl (C=O) groups excluding carboxylic acids is 3. The maximum atomic E-state index is 13.1. The molecule has 0 radical (unpaired) electrons. The van der Waals surface area contributed by atoms with Crippen molar-refractivity contribution in [3.8, 4) is 0 Å². The summed E-state index contributed by atoms with van der Waals surface area (Å²) in [4.78, 5) is 51.3. The number of hydrogen-bond donors (Lipinski definition) is 3.